The van der Waals surface area contributed by atoms with Gasteiger partial charge >= 0.3 is 5.97 Å². The molecule has 0 saturated heterocycles. The van der Waals surface area contributed by atoms with E-state index < -0.39 is 17.4 Å². The van der Waals surface area contributed by atoms with Gasteiger partial charge in [-0.1, -0.05) is 41.9 Å². The van der Waals surface area contributed by atoms with E-state index in [0.29, 0.717) is 21.7 Å². The Morgan fingerprint density at radius 3 is 2.35 bits per heavy atom. The highest BCUT2D eigenvalue weighted by Gasteiger charge is 2.50. The second-order valence-electron chi connectivity index (χ2n) is 6.34. The summed E-state index contributed by atoms with van der Waals surface area (Å²) in [6, 6.07) is 14.0. The summed E-state index contributed by atoms with van der Waals surface area (Å²) in [7, 11) is 0. The van der Waals surface area contributed by atoms with Crippen LogP contribution in [0.25, 0.3) is 0 Å². The third kappa shape index (κ3) is 2.98. The van der Waals surface area contributed by atoms with Crippen LogP contribution in [0.1, 0.15) is 42.3 Å². The summed E-state index contributed by atoms with van der Waals surface area (Å²) in [6.07, 6.45) is 0. The Kier molecular flexibility index (Phi) is 3.92. The van der Waals surface area contributed by atoms with Gasteiger partial charge in [0, 0.05) is 16.1 Å². The SMILES string of the molecule is CC(C)(C)OO[C@@]1(c2ccc(Cl)cc2)OC(=O)c2ccccc21. The van der Waals surface area contributed by atoms with Crippen molar-refractivity contribution in [1.82, 2.24) is 0 Å². The van der Waals surface area contributed by atoms with Crippen molar-refractivity contribution >= 4 is 17.6 Å². The second kappa shape index (κ2) is 5.64. The zero-order valence-corrected chi connectivity index (χ0v) is 13.9. The summed E-state index contributed by atoms with van der Waals surface area (Å²) in [4.78, 5) is 23.4. The molecular weight excluding hydrogens is 316 g/mol. The van der Waals surface area contributed by atoms with Crippen LogP contribution in [0.3, 0.4) is 0 Å². The average molecular weight is 333 g/mol. The van der Waals surface area contributed by atoms with Gasteiger partial charge in [-0.25, -0.2) is 9.68 Å². The lowest BCUT2D eigenvalue weighted by atomic mass is 9.96. The van der Waals surface area contributed by atoms with Crippen LogP contribution < -0.4 is 0 Å². The summed E-state index contributed by atoms with van der Waals surface area (Å²) in [6.45, 7) is 5.56. The molecule has 1 heterocycles. The summed E-state index contributed by atoms with van der Waals surface area (Å²) in [5.41, 5.74) is 1.13. The van der Waals surface area contributed by atoms with Crippen LogP contribution in [0.4, 0.5) is 0 Å². The van der Waals surface area contributed by atoms with Gasteiger partial charge in [-0.2, -0.15) is 4.89 Å². The van der Waals surface area contributed by atoms with Gasteiger partial charge in [-0.3, -0.25) is 0 Å². The molecule has 2 aromatic rings. The molecule has 5 heteroatoms. The molecule has 0 aliphatic carbocycles. The van der Waals surface area contributed by atoms with Crippen molar-refractivity contribution in [2.24, 2.45) is 0 Å². The third-order valence-electron chi connectivity index (χ3n) is 3.37. The van der Waals surface area contributed by atoms with E-state index in [9.17, 15) is 4.79 Å². The van der Waals surface area contributed by atoms with Crippen molar-refractivity contribution in [3.05, 3.63) is 70.2 Å². The summed E-state index contributed by atoms with van der Waals surface area (Å²) in [5.74, 6) is -1.89. The number of carbonyl (C=O) groups is 1. The predicted octanol–water partition coefficient (Wildman–Crippen LogP) is 4.46. The van der Waals surface area contributed by atoms with Crippen LogP contribution >= 0.6 is 11.6 Å². The molecule has 3 rings (SSSR count). The number of halogens is 1. The number of cyclic esters (lactones) is 1. The number of ether oxygens (including phenoxy) is 1. The van der Waals surface area contributed by atoms with E-state index in [2.05, 4.69) is 0 Å². The van der Waals surface area contributed by atoms with E-state index in [-0.39, 0.29) is 0 Å². The van der Waals surface area contributed by atoms with Crippen molar-refractivity contribution in [1.29, 1.82) is 0 Å². The Morgan fingerprint density at radius 1 is 1.04 bits per heavy atom. The number of benzene rings is 2. The molecule has 1 atom stereocenters. The highest BCUT2D eigenvalue weighted by Crippen LogP contribution is 2.43. The Hall–Kier alpha value is -1.88. The Labute approximate surface area is 139 Å². The molecule has 0 saturated carbocycles. The summed E-state index contributed by atoms with van der Waals surface area (Å²) >= 11 is 5.96. The molecule has 2 aromatic carbocycles. The molecule has 0 aromatic heterocycles. The van der Waals surface area contributed by atoms with Crippen LogP contribution in [0, 0.1) is 0 Å². The molecule has 1 aliphatic heterocycles. The van der Waals surface area contributed by atoms with Gasteiger partial charge in [0.05, 0.1) is 11.2 Å². The van der Waals surface area contributed by atoms with Gasteiger partial charge in [0.2, 0.25) is 0 Å². The molecule has 0 spiro atoms. The van der Waals surface area contributed by atoms with E-state index in [1.165, 1.54) is 0 Å². The van der Waals surface area contributed by atoms with Gasteiger partial charge in [0.25, 0.3) is 5.79 Å². The number of rotatable bonds is 3. The van der Waals surface area contributed by atoms with Crippen LogP contribution in [0.5, 0.6) is 0 Å². The first-order valence-electron chi connectivity index (χ1n) is 7.27. The average Bonchev–Trinajstić information content (AvgIpc) is 2.80. The van der Waals surface area contributed by atoms with Crippen molar-refractivity contribution in [2.45, 2.75) is 32.2 Å². The van der Waals surface area contributed by atoms with Crippen LogP contribution in [-0.4, -0.2) is 11.6 Å². The van der Waals surface area contributed by atoms with Gasteiger partial charge in [0.15, 0.2) is 0 Å². The van der Waals surface area contributed by atoms with Crippen LogP contribution in [0.15, 0.2) is 48.5 Å². The molecule has 0 amide bonds. The minimum Gasteiger partial charge on any atom is -0.418 e. The summed E-state index contributed by atoms with van der Waals surface area (Å²) in [5, 5.41) is 0.582. The largest absolute Gasteiger partial charge is 0.418 e. The molecule has 0 fully saturated rings. The first kappa shape index (κ1) is 16.0. The second-order valence-corrected chi connectivity index (χ2v) is 6.77. The van der Waals surface area contributed by atoms with E-state index >= 15 is 0 Å². The number of hydrogen-bond acceptors (Lipinski definition) is 4. The lowest BCUT2D eigenvalue weighted by Crippen LogP contribution is -2.35. The maximum atomic E-state index is 12.3. The first-order chi connectivity index (χ1) is 10.8. The molecule has 0 bridgehead atoms. The van der Waals surface area contributed by atoms with Crippen molar-refractivity contribution in [3.8, 4) is 0 Å². The maximum Gasteiger partial charge on any atom is 0.341 e. The minimum atomic E-state index is -1.44. The smallest absolute Gasteiger partial charge is 0.341 e. The van der Waals surface area contributed by atoms with Crippen LogP contribution in [0.2, 0.25) is 5.02 Å². The quantitative estimate of drug-likeness (QED) is 0.473. The van der Waals surface area contributed by atoms with Gasteiger partial charge in [0.1, 0.15) is 0 Å². The van der Waals surface area contributed by atoms with E-state index in [1.54, 1.807) is 42.5 Å². The molecular formula is C18H17ClO4. The Balaban J connectivity index is 2.12. The topological polar surface area (TPSA) is 44.8 Å². The fraction of sp³-hybridized carbons (Fsp3) is 0.278. The minimum absolute atomic E-state index is 0.451. The number of esters is 1. The predicted molar refractivity (Wildman–Crippen MR) is 86.0 cm³/mol. The molecule has 0 unspecified atom stereocenters. The highest BCUT2D eigenvalue weighted by molar-refractivity contribution is 6.30. The van der Waals surface area contributed by atoms with Gasteiger partial charge in [-0.05, 0) is 39.0 Å². The Bertz CT molecular complexity index is 733. The van der Waals surface area contributed by atoms with Crippen LogP contribution in [-0.2, 0) is 20.3 Å². The van der Waals surface area contributed by atoms with E-state index in [0.717, 1.165) is 0 Å². The fourth-order valence-corrected chi connectivity index (χ4v) is 2.49. The number of carbonyl (C=O) groups excluding carboxylic acids is 1. The number of fused-ring (bicyclic) bond motifs is 1. The lowest BCUT2D eigenvalue weighted by Gasteiger charge is -2.31. The molecule has 1 aliphatic rings. The van der Waals surface area contributed by atoms with Crippen molar-refractivity contribution < 1.29 is 19.3 Å². The molecule has 120 valence electrons. The molecule has 0 radical (unpaired) electrons. The normalized spacial score (nSPS) is 20.3. The van der Waals surface area contributed by atoms with Crippen molar-refractivity contribution in [2.75, 3.05) is 0 Å². The van der Waals surface area contributed by atoms with E-state index in [1.807, 2.05) is 26.8 Å². The Morgan fingerprint density at radius 2 is 1.70 bits per heavy atom. The molecule has 4 nitrogen and oxygen atoms in total. The lowest BCUT2D eigenvalue weighted by molar-refractivity contribution is -0.440. The maximum absolute atomic E-state index is 12.3. The zero-order valence-electron chi connectivity index (χ0n) is 13.1. The third-order valence-corrected chi connectivity index (χ3v) is 3.62. The molecule has 0 N–H and O–H groups in total. The monoisotopic (exact) mass is 332 g/mol. The fourth-order valence-electron chi connectivity index (χ4n) is 2.37. The van der Waals surface area contributed by atoms with Gasteiger partial charge < -0.3 is 4.74 Å². The van der Waals surface area contributed by atoms with Gasteiger partial charge in [-0.15, -0.1) is 0 Å². The zero-order chi connectivity index (χ0) is 16.7. The van der Waals surface area contributed by atoms with E-state index in [4.69, 9.17) is 26.1 Å². The standard InChI is InChI=1S/C18H17ClO4/c1-17(2,3)22-23-18(12-8-10-13(19)11-9-12)15-7-5-4-6-14(15)16(20)21-18/h4-11H,1-3H3/t18-/m1/s1. The first-order valence-corrected chi connectivity index (χ1v) is 7.65. The summed E-state index contributed by atoms with van der Waals surface area (Å²) < 4.78 is 5.61. The van der Waals surface area contributed by atoms with Crippen molar-refractivity contribution in [3.63, 3.8) is 0 Å². The number of hydrogen-bond donors (Lipinski definition) is 0. The highest BCUT2D eigenvalue weighted by atomic mass is 35.5. The molecule has 23 heavy (non-hydrogen) atoms.